The number of nitrogens with one attached hydrogen (secondary N) is 1. The third-order valence-corrected chi connectivity index (χ3v) is 5.28. The first-order valence-corrected chi connectivity index (χ1v) is 9.03. The van der Waals surface area contributed by atoms with Crippen LogP contribution in [0.3, 0.4) is 0 Å². The highest BCUT2D eigenvalue weighted by molar-refractivity contribution is 7.13. The van der Waals surface area contributed by atoms with Gasteiger partial charge in [-0.2, -0.15) is 0 Å². The van der Waals surface area contributed by atoms with Crippen LogP contribution in [0.2, 0.25) is 5.02 Å². The summed E-state index contributed by atoms with van der Waals surface area (Å²) in [5, 5.41) is 6.33. The summed E-state index contributed by atoms with van der Waals surface area (Å²) >= 11 is 7.81. The van der Waals surface area contributed by atoms with Gasteiger partial charge in [-0.3, -0.25) is 4.79 Å². The molecule has 3 nitrogen and oxygen atoms in total. The van der Waals surface area contributed by atoms with Crippen LogP contribution in [0.15, 0.2) is 64.4 Å². The summed E-state index contributed by atoms with van der Waals surface area (Å²) in [4.78, 5) is 13.9. The Morgan fingerprint density at radius 2 is 1.92 bits per heavy atom. The molecule has 2 aromatic heterocycles. The van der Waals surface area contributed by atoms with Crippen molar-refractivity contribution in [3.8, 4) is 10.4 Å². The van der Waals surface area contributed by atoms with E-state index in [-0.39, 0.29) is 11.7 Å². The van der Waals surface area contributed by atoms with Gasteiger partial charge in [0.25, 0.3) is 5.91 Å². The Bertz CT molecular complexity index is 1070. The second-order valence-corrected chi connectivity index (χ2v) is 7.00. The summed E-state index contributed by atoms with van der Waals surface area (Å²) in [6.07, 6.45) is 0. The number of aryl methyl sites for hydroxylation is 1. The van der Waals surface area contributed by atoms with E-state index in [0.717, 1.165) is 27.1 Å². The van der Waals surface area contributed by atoms with Crippen LogP contribution in [0.5, 0.6) is 0 Å². The van der Waals surface area contributed by atoms with Gasteiger partial charge in [-0.25, -0.2) is 0 Å². The molecule has 0 aliphatic heterocycles. The lowest BCUT2D eigenvalue weighted by Gasteiger charge is -2.09. The number of carbonyl (C=O) groups excluding carboxylic acids is 1. The summed E-state index contributed by atoms with van der Waals surface area (Å²) < 4.78 is 5.75. The van der Waals surface area contributed by atoms with Gasteiger partial charge < -0.3 is 9.73 Å². The molecule has 0 spiro atoms. The SMILES string of the molecule is Cc1c(C(=O)Nc2ccccc2-c2cccs2)oc2c(Cl)cccc12. The fourth-order valence-corrected chi connectivity index (χ4v) is 3.82. The lowest BCUT2D eigenvalue weighted by molar-refractivity contribution is 0.0998. The van der Waals surface area contributed by atoms with Crippen molar-refractivity contribution in [2.75, 3.05) is 5.32 Å². The largest absolute Gasteiger partial charge is 0.449 e. The number of hydrogen-bond acceptors (Lipinski definition) is 3. The first kappa shape index (κ1) is 15.9. The number of furan rings is 1. The Kier molecular flexibility index (Phi) is 4.07. The average Bonchev–Trinajstić information content (AvgIpc) is 3.25. The molecule has 0 aliphatic rings. The van der Waals surface area contributed by atoms with Crippen LogP contribution in [-0.2, 0) is 0 Å². The lowest BCUT2D eigenvalue weighted by Crippen LogP contribution is -2.12. The van der Waals surface area contributed by atoms with Crippen LogP contribution in [-0.4, -0.2) is 5.91 Å². The number of fused-ring (bicyclic) bond motifs is 1. The Balaban J connectivity index is 1.73. The van der Waals surface area contributed by atoms with Gasteiger partial charge in [0.1, 0.15) is 0 Å². The highest BCUT2D eigenvalue weighted by Crippen LogP contribution is 2.34. The van der Waals surface area contributed by atoms with Crippen LogP contribution in [0.4, 0.5) is 5.69 Å². The molecule has 0 saturated carbocycles. The zero-order valence-electron chi connectivity index (χ0n) is 13.4. The number of benzene rings is 2. The summed E-state index contributed by atoms with van der Waals surface area (Å²) in [5.41, 5.74) is 3.06. The minimum absolute atomic E-state index is 0.282. The average molecular weight is 368 g/mol. The Hall–Kier alpha value is -2.56. The summed E-state index contributed by atoms with van der Waals surface area (Å²) in [5.74, 6) is -0.00199. The molecule has 0 saturated heterocycles. The maximum Gasteiger partial charge on any atom is 0.291 e. The molecule has 0 radical (unpaired) electrons. The van der Waals surface area contributed by atoms with Crippen molar-refractivity contribution in [1.29, 1.82) is 0 Å². The zero-order valence-corrected chi connectivity index (χ0v) is 14.9. The summed E-state index contributed by atoms with van der Waals surface area (Å²) in [6, 6.07) is 17.2. The standard InChI is InChI=1S/C20H14ClNO2S/c1-12-13-7-4-8-15(21)19(13)24-18(12)20(23)22-16-9-3-2-6-14(16)17-10-5-11-25-17/h2-11H,1H3,(H,22,23). The molecule has 2 heterocycles. The van der Waals surface area contributed by atoms with E-state index in [4.69, 9.17) is 16.0 Å². The van der Waals surface area contributed by atoms with E-state index in [1.807, 2.05) is 60.8 Å². The Morgan fingerprint density at radius 1 is 1.08 bits per heavy atom. The number of anilines is 1. The fourth-order valence-electron chi connectivity index (χ4n) is 2.84. The number of amides is 1. The third-order valence-electron chi connectivity index (χ3n) is 4.08. The van der Waals surface area contributed by atoms with E-state index in [1.54, 1.807) is 17.4 Å². The Labute approximate surface area is 153 Å². The zero-order chi connectivity index (χ0) is 17.4. The molecule has 25 heavy (non-hydrogen) atoms. The lowest BCUT2D eigenvalue weighted by atomic mass is 10.1. The number of carbonyl (C=O) groups is 1. The van der Waals surface area contributed by atoms with Gasteiger partial charge >= 0.3 is 0 Å². The minimum Gasteiger partial charge on any atom is -0.449 e. The second-order valence-electron chi connectivity index (χ2n) is 5.65. The summed E-state index contributed by atoms with van der Waals surface area (Å²) in [7, 11) is 0. The molecule has 1 N–H and O–H groups in total. The van der Waals surface area contributed by atoms with Crippen molar-refractivity contribution in [1.82, 2.24) is 0 Å². The molecular weight excluding hydrogens is 354 g/mol. The second kappa shape index (κ2) is 6.39. The van der Waals surface area contributed by atoms with E-state index in [2.05, 4.69) is 5.32 Å². The molecule has 124 valence electrons. The highest BCUT2D eigenvalue weighted by Gasteiger charge is 2.20. The van der Waals surface area contributed by atoms with Crippen LogP contribution >= 0.6 is 22.9 Å². The van der Waals surface area contributed by atoms with Crippen molar-refractivity contribution in [2.45, 2.75) is 6.92 Å². The first-order chi connectivity index (χ1) is 12.1. The van der Waals surface area contributed by atoms with Gasteiger partial charge in [0.05, 0.1) is 5.02 Å². The summed E-state index contributed by atoms with van der Waals surface area (Å²) in [6.45, 7) is 1.86. The molecule has 0 aliphatic carbocycles. The van der Waals surface area contributed by atoms with Gasteiger partial charge in [-0.1, -0.05) is 48.0 Å². The van der Waals surface area contributed by atoms with Crippen molar-refractivity contribution >= 4 is 45.5 Å². The number of halogens is 1. The van der Waals surface area contributed by atoms with Gasteiger partial charge in [0, 0.05) is 27.1 Å². The third kappa shape index (κ3) is 2.84. The molecule has 4 rings (SSSR count). The smallest absolute Gasteiger partial charge is 0.291 e. The molecule has 1 amide bonds. The molecule has 2 aromatic carbocycles. The van der Waals surface area contributed by atoms with Crippen molar-refractivity contribution in [2.24, 2.45) is 0 Å². The van der Waals surface area contributed by atoms with Crippen LogP contribution in [0, 0.1) is 6.92 Å². The van der Waals surface area contributed by atoms with Crippen molar-refractivity contribution < 1.29 is 9.21 Å². The molecule has 0 fully saturated rings. The first-order valence-electron chi connectivity index (χ1n) is 7.77. The molecule has 0 atom stereocenters. The maximum atomic E-state index is 12.8. The van der Waals surface area contributed by atoms with Gasteiger partial charge in [-0.15, -0.1) is 11.3 Å². The molecular formula is C20H14ClNO2S. The predicted octanol–water partition coefficient (Wildman–Crippen LogP) is 6.38. The Morgan fingerprint density at radius 3 is 2.68 bits per heavy atom. The molecule has 5 heteroatoms. The maximum absolute atomic E-state index is 12.8. The number of para-hydroxylation sites is 2. The molecule has 4 aromatic rings. The number of rotatable bonds is 3. The van der Waals surface area contributed by atoms with E-state index < -0.39 is 0 Å². The topological polar surface area (TPSA) is 42.2 Å². The van der Waals surface area contributed by atoms with Gasteiger partial charge in [0.2, 0.25) is 0 Å². The van der Waals surface area contributed by atoms with E-state index in [1.165, 1.54) is 0 Å². The van der Waals surface area contributed by atoms with Crippen LogP contribution < -0.4 is 5.32 Å². The normalized spacial score (nSPS) is 11.0. The minimum atomic E-state index is -0.284. The quantitative estimate of drug-likeness (QED) is 0.456. The monoisotopic (exact) mass is 367 g/mol. The molecule has 0 unspecified atom stereocenters. The van der Waals surface area contributed by atoms with Crippen molar-refractivity contribution in [3.05, 3.63) is 76.3 Å². The predicted molar refractivity (Wildman–Crippen MR) is 104 cm³/mol. The van der Waals surface area contributed by atoms with Gasteiger partial charge in [-0.05, 0) is 30.5 Å². The number of hydrogen-bond donors (Lipinski definition) is 1. The van der Waals surface area contributed by atoms with Gasteiger partial charge in [0.15, 0.2) is 11.3 Å². The van der Waals surface area contributed by atoms with Crippen LogP contribution in [0.1, 0.15) is 16.1 Å². The van der Waals surface area contributed by atoms with E-state index >= 15 is 0 Å². The van der Waals surface area contributed by atoms with E-state index in [9.17, 15) is 4.79 Å². The number of thiophene rings is 1. The molecule has 0 bridgehead atoms. The van der Waals surface area contributed by atoms with Crippen LogP contribution in [0.25, 0.3) is 21.4 Å². The highest BCUT2D eigenvalue weighted by atomic mass is 35.5. The van der Waals surface area contributed by atoms with Crippen molar-refractivity contribution in [3.63, 3.8) is 0 Å². The fraction of sp³-hybridized carbons (Fsp3) is 0.0500. The van der Waals surface area contributed by atoms with E-state index in [0.29, 0.717) is 10.6 Å².